The van der Waals surface area contributed by atoms with Crippen LogP contribution < -0.4 is 10.5 Å². The van der Waals surface area contributed by atoms with Crippen LogP contribution in [0.1, 0.15) is 19.8 Å². The summed E-state index contributed by atoms with van der Waals surface area (Å²) in [7, 11) is 0. The highest BCUT2D eigenvalue weighted by Gasteiger charge is 2.06. The van der Waals surface area contributed by atoms with Gasteiger partial charge in [0.05, 0.1) is 12.3 Å². The number of rotatable bonds is 6. The summed E-state index contributed by atoms with van der Waals surface area (Å²) < 4.78 is 11.1. The standard InChI is InChI=1S/C12H16BrNO3/c1-2-3-6-16-12(15)8-17-11-5-4-9(13)7-10(11)14/h4-5,7H,2-3,6,8,14H2,1H3. The Balaban J connectivity index is 2.37. The molecule has 0 aliphatic heterocycles. The summed E-state index contributed by atoms with van der Waals surface area (Å²) in [5, 5.41) is 0. The Kier molecular flexibility index (Phi) is 5.83. The molecule has 0 radical (unpaired) electrons. The number of carbonyl (C=O) groups excluding carboxylic acids is 1. The molecule has 0 spiro atoms. The third kappa shape index (κ3) is 5.08. The SMILES string of the molecule is CCCCOC(=O)COc1ccc(Br)cc1N. The molecule has 94 valence electrons. The summed E-state index contributed by atoms with van der Waals surface area (Å²) in [6, 6.07) is 5.23. The van der Waals surface area contributed by atoms with Crippen molar-refractivity contribution >= 4 is 27.6 Å². The van der Waals surface area contributed by atoms with Crippen molar-refractivity contribution in [2.75, 3.05) is 18.9 Å². The lowest BCUT2D eigenvalue weighted by atomic mass is 10.3. The van der Waals surface area contributed by atoms with E-state index in [1.807, 2.05) is 6.92 Å². The van der Waals surface area contributed by atoms with E-state index in [0.29, 0.717) is 18.0 Å². The maximum absolute atomic E-state index is 11.3. The number of ether oxygens (including phenoxy) is 2. The molecule has 1 aromatic carbocycles. The van der Waals surface area contributed by atoms with Gasteiger partial charge in [0.25, 0.3) is 0 Å². The lowest BCUT2D eigenvalue weighted by Crippen LogP contribution is -2.15. The average molecular weight is 302 g/mol. The van der Waals surface area contributed by atoms with Gasteiger partial charge in [-0.1, -0.05) is 29.3 Å². The molecule has 0 saturated heterocycles. The number of carbonyl (C=O) groups is 1. The number of nitrogen functional groups attached to an aromatic ring is 1. The van der Waals surface area contributed by atoms with Crippen LogP contribution in [0.4, 0.5) is 5.69 Å². The van der Waals surface area contributed by atoms with E-state index >= 15 is 0 Å². The van der Waals surface area contributed by atoms with Crippen molar-refractivity contribution in [2.24, 2.45) is 0 Å². The monoisotopic (exact) mass is 301 g/mol. The van der Waals surface area contributed by atoms with Crippen molar-refractivity contribution in [1.82, 2.24) is 0 Å². The van der Waals surface area contributed by atoms with Gasteiger partial charge in [0.1, 0.15) is 5.75 Å². The Morgan fingerprint density at radius 2 is 2.24 bits per heavy atom. The van der Waals surface area contributed by atoms with Crippen LogP contribution in [0.25, 0.3) is 0 Å². The Morgan fingerprint density at radius 1 is 1.47 bits per heavy atom. The minimum atomic E-state index is -0.374. The quantitative estimate of drug-likeness (QED) is 0.498. The van der Waals surface area contributed by atoms with E-state index in [-0.39, 0.29) is 12.6 Å². The average Bonchev–Trinajstić information content (AvgIpc) is 2.28. The third-order valence-electron chi connectivity index (χ3n) is 2.08. The van der Waals surface area contributed by atoms with E-state index in [0.717, 1.165) is 17.3 Å². The molecule has 1 aromatic rings. The zero-order valence-corrected chi connectivity index (χ0v) is 11.3. The molecule has 0 saturated carbocycles. The van der Waals surface area contributed by atoms with Gasteiger partial charge in [-0.15, -0.1) is 0 Å². The van der Waals surface area contributed by atoms with E-state index < -0.39 is 0 Å². The van der Waals surface area contributed by atoms with Crippen LogP contribution in [0.5, 0.6) is 5.75 Å². The minimum Gasteiger partial charge on any atom is -0.480 e. The van der Waals surface area contributed by atoms with Gasteiger partial charge < -0.3 is 15.2 Å². The van der Waals surface area contributed by atoms with E-state index in [1.165, 1.54) is 0 Å². The zero-order chi connectivity index (χ0) is 12.7. The van der Waals surface area contributed by atoms with Crippen molar-refractivity contribution in [3.8, 4) is 5.75 Å². The zero-order valence-electron chi connectivity index (χ0n) is 9.74. The second-order valence-electron chi connectivity index (χ2n) is 3.54. The maximum atomic E-state index is 11.3. The smallest absolute Gasteiger partial charge is 0.344 e. The van der Waals surface area contributed by atoms with E-state index in [2.05, 4.69) is 15.9 Å². The highest BCUT2D eigenvalue weighted by Crippen LogP contribution is 2.25. The van der Waals surface area contributed by atoms with Gasteiger partial charge in [0.15, 0.2) is 6.61 Å². The number of esters is 1. The molecule has 0 amide bonds. The number of hydrogen-bond acceptors (Lipinski definition) is 4. The molecule has 0 heterocycles. The first-order valence-corrected chi connectivity index (χ1v) is 6.26. The Bertz CT molecular complexity index is 382. The predicted octanol–water partition coefficient (Wildman–Crippen LogP) is 2.75. The van der Waals surface area contributed by atoms with Gasteiger partial charge in [-0.25, -0.2) is 4.79 Å². The molecule has 0 fully saturated rings. The molecule has 4 nitrogen and oxygen atoms in total. The Hall–Kier alpha value is -1.23. The second kappa shape index (κ2) is 7.17. The molecule has 0 bridgehead atoms. The van der Waals surface area contributed by atoms with Gasteiger partial charge in [0.2, 0.25) is 0 Å². The number of anilines is 1. The van der Waals surface area contributed by atoms with Gasteiger partial charge in [0, 0.05) is 4.47 Å². The second-order valence-corrected chi connectivity index (χ2v) is 4.46. The van der Waals surface area contributed by atoms with Crippen LogP contribution in [0.2, 0.25) is 0 Å². The van der Waals surface area contributed by atoms with Crippen LogP contribution in [0, 0.1) is 0 Å². The highest BCUT2D eigenvalue weighted by molar-refractivity contribution is 9.10. The first-order chi connectivity index (χ1) is 8.13. The molecule has 0 aliphatic rings. The summed E-state index contributed by atoms with van der Waals surface area (Å²) in [4.78, 5) is 11.3. The number of nitrogens with two attached hydrogens (primary N) is 1. The van der Waals surface area contributed by atoms with Crippen molar-refractivity contribution in [3.63, 3.8) is 0 Å². The number of hydrogen-bond donors (Lipinski definition) is 1. The van der Waals surface area contributed by atoms with E-state index in [9.17, 15) is 4.79 Å². The van der Waals surface area contributed by atoms with Crippen molar-refractivity contribution in [1.29, 1.82) is 0 Å². The Labute approximate surface area is 109 Å². The van der Waals surface area contributed by atoms with E-state index in [4.69, 9.17) is 15.2 Å². The van der Waals surface area contributed by atoms with Gasteiger partial charge in [-0.05, 0) is 24.6 Å². The highest BCUT2D eigenvalue weighted by atomic mass is 79.9. The van der Waals surface area contributed by atoms with Crippen molar-refractivity contribution in [2.45, 2.75) is 19.8 Å². The first-order valence-electron chi connectivity index (χ1n) is 5.47. The molecule has 0 aliphatic carbocycles. The molecule has 1 rings (SSSR count). The molecule has 2 N–H and O–H groups in total. The van der Waals surface area contributed by atoms with Gasteiger partial charge >= 0.3 is 5.97 Å². The number of unbranched alkanes of at least 4 members (excludes halogenated alkanes) is 1. The predicted molar refractivity (Wildman–Crippen MR) is 69.9 cm³/mol. The molecule has 0 atom stereocenters. The van der Waals surface area contributed by atoms with Crippen LogP contribution in [0.3, 0.4) is 0 Å². The molecule has 5 heteroatoms. The minimum absolute atomic E-state index is 0.116. The third-order valence-corrected chi connectivity index (χ3v) is 2.57. The first kappa shape index (κ1) is 13.8. The summed E-state index contributed by atoms with van der Waals surface area (Å²) in [6.45, 7) is 2.36. The normalized spacial score (nSPS) is 10.0. The lowest BCUT2D eigenvalue weighted by Gasteiger charge is -2.08. The topological polar surface area (TPSA) is 61.5 Å². The molecule has 17 heavy (non-hydrogen) atoms. The fraction of sp³-hybridized carbons (Fsp3) is 0.417. The fourth-order valence-corrected chi connectivity index (χ4v) is 1.54. The maximum Gasteiger partial charge on any atom is 0.344 e. The fourth-order valence-electron chi connectivity index (χ4n) is 1.16. The summed E-state index contributed by atoms with van der Waals surface area (Å²) in [6.07, 6.45) is 1.86. The number of benzene rings is 1. The van der Waals surface area contributed by atoms with Crippen molar-refractivity contribution < 1.29 is 14.3 Å². The van der Waals surface area contributed by atoms with Crippen molar-refractivity contribution in [3.05, 3.63) is 22.7 Å². The molecular formula is C12H16BrNO3. The van der Waals surface area contributed by atoms with Crippen LogP contribution >= 0.6 is 15.9 Å². The van der Waals surface area contributed by atoms with E-state index in [1.54, 1.807) is 18.2 Å². The van der Waals surface area contributed by atoms with Crippen LogP contribution in [-0.2, 0) is 9.53 Å². The van der Waals surface area contributed by atoms with Crippen LogP contribution in [-0.4, -0.2) is 19.2 Å². The largest absolute Gasteiger partial charge is 0.480 e. The summed E-state index contributed by atoms with van der Waals surface area (Å²) in [5.74, 6) is 0.112. The number of halogens is 1. The van der Waals surface area contributed by atoms with Gasteiger partial charge in [-0.2, -0.15) is 0 Å². The lowest BCUT2D eigenvalue weighted by molar-refractivity contribution is -0.146. The molecular weight excluding hydrogens is 286 g/mol. The summed E-state index contributed by atoms with van der Waals surface area (Å²) >= 11 is 3.29. The molecule has 0 unspecified atom stereocenters. The Morgan fingerprint density at radius 3 is 2.88 bits per heavy atom. The van der Waals surface area contributed by atoms with Crippen LogP contribution in [0.15, 0.2) is 22.7 Å². The molecule has 0 aromatic heterocycles. The van der Waals surface area contributed by atoms with Gasteiger partial charge in [-0.3, -0.25) is 0 Å². The summed E-state index contributed by atoms with van der Waals surface area (Å²) in [5.41, 5.74) is 6.21.